The number of nitrogens with two attached hydrogens (primary N) is 1. The van der Waals surface area contributed by atoms with E-state index >= 15 is 0 Å². The Kier molecular flexibility index (Phi) is 6.73. The maximum absolute atomic E-state index is 14.4. The second-order valence-corrected chi connectivity index (χ2v) is 7.01. The summed E-state index contributed by atoms with van der Waals surface area (Å²) in [5.41, 5.74) is 1.78. The fourth-order valence-electron chi connectivity index (χ4n) is 2.29. The number of rotatable bonds is 5. The second kappa shape index (κ2) is 8.52. The van der Waals surface area contributed by atoms with Gasteiger partial charge in [-0.15, -0.1) is 0 Å². The number of hydrogen-bond donors (Lipinski definition) is 1. The molecule has 0 aliphatic heterocycles. The first-order valence-electron chi connectivity index (χ1n) is 7.90. The summed E-state index contributed by atoms with van der Waals surface area (Å²) in [6.45, 7) is 0. The van der Waals surface area contributed by atoms with E-state index in [9.17, 15) is 53.5 Å². The highest BCUT2D eigenvalue weighted by atomic mass is 32.2. The minimum Gasteiger partial charge on any atom is -0.351 e. The zero-order chi connectivity index (χ0) is 24.6. The normalized spacial score (nSPS) is 12.6. The minimum atomic E-state index is -6.73. The fraction of sp³-hybridized carbons (Fsp3) is 0.176. The second-order valence-electron chi connectivity index (χ2n) is 5.85. The average Bonchev–Trinajstić information content (AvgIpc) is 2.62. The molecule has 4 nitrogen and oxygen atoms in total. The lowest BCUT2D eigenvalue weighted by Gasteiger charge is -2.29. The van der Waals surface area contributed by atoms with Crippen LogP contribution in [0.1, 0.15) is 10.4 Å². The zero-order valence-corrected chi connectivity index (χ0v) is 15.8. The monoisotopic (exact) mass is 494 g/mol. The highest BCUT2D eigenvalue weighted by Crippen LogP contribution is 2.55. The van der Waals surface area contributed by atoms with E-state index in [1.54, 1.807) is 0 Å². The van der Waals surface area contributed by atoms with Crippen LogP contribution in [0.3, 0.4) is 0 Å². The van der Waals surface area contributed by atoms with Crippen LogP contribution in [0.25, 0.3) is 0 Å². The van der Waals surface area contributed by atoms with Gasteiger partial charge in [0.25, 0.3) is 5.91 Å². The smallest absolute Gasteiger partial charge is 0.351 e. The minimum absolute atomic E-state index is 0.365. The van der Waals surface area contributed by atoms with Crippen LogP contribution >= 0.6 is 11.8 Å². The van der Waals surface area contributed by atoms with Crippen LogP contribution in [-0.4, -0.2) is 29.3 Å². The molecule has 0 aromatic heterocycles. The largest absolute Gasteiger partial charge is 0.460 e. The first-order valence-corrected chi connectivity index (χ1v) is 8.72. The van der Waals surface area contributed by atoms with E-state index in [-0.39, 0.29) is 0 Å². The van der Waals surface area contributed by atoms with Crippen LogP contribution in [0.4, 0.5) is 54.4 Å². The van der Waals surface area contributed by atoms with Gasteiger partial charge < -0.3 is 5.73 Å². The van der Waals surface area contributed by atoms with Crippen molar-refractivity contribution >= 4 is 29.4 Å². The van der Waals surface area contributed by atoms with Gasteiger partial charge >= 0.3 is 23.4 Å². The topological polar surface area (TPSA) is 63.4 Å². The number of halogens is 10. The molecule has 2 aromatic rings. The molecule has 32 heavy (non-hydrogen) atoms. The Balaban J connectivity index is 2.67. The van der Waals surface area contributed by atoms with Gasteiger partial charge in [-0.25, -0.2) is 22.9 Å². The number of carbonyl (C=O) groups excluding carboxylic acids is 2. The Morgan fingerprint density at radius 1 is 0.812 bits per heavy atom. The van der Waals surface area contributed by atoms with E-state index in [1.807, 2.05) is 0 Å². The van der Waals surface area contributed by atoms with Crippen LogP contribution in [0.5, 0.6) is 0 Å². The number of thioether (sulfide) groups is 1. The Morgan fingerprint density at radius 3 is 1.75 bits per heavy atom. The Hall–Kier alpha value is -2.97. The van der Waals surface area contributed by atoms with Crippen LogP contribution in [0.15, 0.2) is 41.3 Å². The van der Waals surface area contributed by atoms with E-state index in [2.05, 4.69) is 0 Å². The number of alkyl halides is 7. The first-order chi connectivity index (χ1) is 14.5. The number of para-hydroxylation sites is 1. The Labute approximate surface area is 176 Å². The summed E-state index contributed by atoms with van der Waals surface area (Å²) in [4.78, 5) is 22.2. The predicted octanol–water partition coefficient (Wildman–Crippen LogP) is 5.71. The molecule has 0 fully saturated rings. The lowest BCUT2D eigenvalue weighted by molar-refractivity contribution is -0.330. The van der Waals surface area contributed by atoms with Crippen molar-refractivity contribution in [3.8, 4) is 0 Å². The molecule has 2 N–H and O–H groups in total. The van der Waals surface area contributed by atoms with Gasteiger partial charge in [0.2, 0.25) is 0 Å². The summed E-state index contributed by atoms with van der Waals surface area (Å²) >= 11 is -1.55. The summed E-state index contributed by atoms with van der Waals surface area (Å²) < 4.78 is 134. The van der Waals surface area contributed by atoms with Crippen LogP contribution < -0.4 is 10.6 Å². The van der Waals surface area contributed by atoms with Crippen molar-refractivity contribution in [3.63, 3.8) is 0 Å². The predicted molar refractivity (Wildman–Crippen MR) is 91.0 cm³/mol. The van der Waals surface area contributed by atoms with E-state index in [1.165, 1.54) is 0 Å². The molecule has 0 unspecified atom stereocenters. The van der Waals surface area contributed by atoms with E-state index < -0.39 is 79.6 Å². The molecule has 0 radical (unpaired) electrons. The highest BCUT2D eigenvalue weighted by Gasteiger charge is 2.73. The van der Waals surface area contributed by atoms with Crippen LogP contribution in [0.2, 0.25) is 0 Å². The van der Waals surface area contributed by atoms with Gasteiger partial charge in [0, 0.05) is 4.90 Å². The average molecular weight is 494 g/mol. The first kappa shape index (κ1) is 25.3. The SMILES string of the molecule is NC(=O)N(C(=O)c1c(F)cccc1F)c1c(F)cccc1SC(F)(F)C(F)(F)C(F)(F)F. The number of carbonyl (C=O) groups is 2. The Morgan fingerprint density at radius 2 is 1.28 bits per heavy atom. The number of primary amides is 1. The molecule has 2 rings (SSSR count). The molecule has 0 heterocycles. The Bertz CT molecular complexity index is 1040. The lowest BCUT2D eigenvalue weighted by atomic mass is 10.1. The molecule has 0 saturated carbocycles. The third-order valence-electron chi connectivity index (χ3n) is 3.73. The number of nitrogens with zero attached hydrogens (tertiary/aromatic N) is 1. The van der Waals surface area contributed by atoms with Crippen molar-refractivity contribution in [2.24, 2.45) is 5.73 Å². The summed E-state index contributed by atoms with van der Waals surface area (Å²) in [6, 6.07) is 1.20. The molecule has 0 saturated heterocycles. The molecule has 0 atom stereocenters. The van der Waals surface area contributed by atoms with Crippen molar-refractivity contribution < 1.29 is 53.5 Å². The van der Waals surface area contributed by atoms with E-state index in [0.717, 1.165) is 6.07 Å². The molecule has 2 aromatic carbocycles. The van der Waals surface area contributed by atoms with Crippen molar-refractivity contribution in [1.82, 2.24) is 0 Å². The highest BCUT2D eigenvalue weighted by molar-refractivity contribution is 8.00. The van der Waals surface area contributed by atoms with Gasteiger partial charge in [-0.05, 0) is 36.0 Å². The number of urea groups is 1. The molecular weight excluding hydrogens is 486 g/mol. The van der Waals surface area contributed by atoms with Crippen molar-refractivity contribution in [3.05, 3.63) is 59.4 Å². The van der Waals surface area contributed by atoms with Crippen LogP contribution in [0, 0.1) is 17.5 Å². The molecular formula is C17H8F10N2O2S. The maximum atomic E-state index is 14.4. The molecule has 0 spiro atoms. The molecule has 0 aliphatic carbocycles. The maximum Gasteiger partial charge on any atom is 0.460 e. The van der Waals surface area contributed by atoms with Gasteiger partial charge in [-0.3, -0.25) is 4.79 Å². The summed E-state index contributed by atoms with van der Waals surface area (Å²) in [5, 5.41) is -5.97. The van der Waals surface area contributed by atoms with Gasteiger partial charge in [0.05, 0.1) is 0 Å². The fourth-order valence-corrected chi connectivity index (χ4v) is 3.24. The van der Waals surface area contributed by atoms with Crippen LogP contribution in [-0.2, 0) is 0 Å². The zero-order valence-electron chi connectivity index (χ0n) is 15.0. The number of amides is 3. The molecule has 15 heteroatoms. The number of hydrogen-bond acceptors (Lipinski definition) is 3. The number of benzene rings is 2. The molecule has 0 aliphatic rings. The molecule has 174 valence electrons. The van der Waals surface area contributed by atoms with Gasteiger partial charge in [0.15, 0.2) is 0 Å². The van der Waals surface area contributed by atoms with E-state index in [0.29, 0.717) is 30.3 Å². The van der Waals surface area contributed by atoms with Gasteiger partial charge in [-0.2, -0.15) is 30.7 Å². The van der Waals surface area contributed by atoms with Gasteiger partial charge in [0.1, 0.15) is 28.7 Å². The van der Waals surface area contributed by atoms with Crippen molar-refractivity contribution in [1.29, 1.82) is 0 Å². The summed E-state index contributed by atoms with van der Waals surface area (Å²) in [6.07, 6.45) is -6.73. The van der Waals surface area contributed by atoms with E-state index in [4.69, 9.17) is 5.73 Å². The number of imide groups is 1. The van der Waals surface area contributed by atoms with Crippen molar-refractivity contribution in [2.75, 3.05) is 4.90 Å². The number of anilines is 1. The van der Waals surface area contributed by atoms with Crippen molar-refractivity contribution in [2.45, 2.75) is 22.2 Å². The third-order valence-corrected chi connectivity index (χ3v) is 4.80. The summed E-state index contributed by atoms with van der Waals surface area (Å²) in [7, 11) is 0. The van der Waals surface area contributed by atoms with Gasteiger partial charge in [-0.1, -0.05) is 12.1 Å². The summed E-state index contributed by atoms with van der Waals surface area (Å²) in [5.74, 6) is -13.6. The molecule has 3 amide bonds. The molecule has 0 bridgehead atoms. The lowest BCUT2D eigenvalue weighted by Crippen LogP contribution is -2.50. The quantitative estimate of drug-likeness (QED) is 0.428. The third kappa shape index (κ3) is 4.47. The standard InChI is InChI=1S/C17H8F10N2O2S/c18-7-3-1-4-8(19)11(7)13(30)29(14(28)31)12-9(20)5-2-6-10(12)32-17(26,27)15(21,22)16(23,24)25/h1-6H,(H2,28,31).